The van der Waals surface area contributed by atoms with Crippen molar-refractivity contribution < 1.29 is 4.79 Å². The van der Waals surface area contributed by atoms with Gasteiger partial charge in [0.1, 0.15) is 5.69 Å². The number of hydrogen-bond acceptors (Lipinski definition) is 2. The van der Waals surface area contributed by atoms with Gasteiger partial charge in [-0.1, -0.05) is 30.3 Å². The van der Waals surface area contributed by atoms with Crippen LogP contribution in [-0.2, 0) is 13.0 Å². The summed E-state index contributed by atoms with van der Waals surface area (Å²) in [5.74, 6) is 0.185. The second-order valence-corrected chi connectivity index (χ2v) is 4.29. The first kappa shape index (κ1) is 12.6. The molecule has 1 aromatic heterocycles. The van der Waals surface area contributed by atoms with Crippen LogP contribution in [0.25, 0.3) is 0 Å². The maximum absolute atomic E-state index is 12.0. The van der Waals surface area contributed by atoms with E-state index in [-0.39, 0.29) is 5.78 Å². The lowest BCUT2D eigenvalue weighted by atomic mass is 10.1. The average molecular weight is 242 g/mol. The summed E-state index contributed by atoms with van der Waals surface area (Å²) in [4.78, 5) is 12.0. The van der Waals surface area contributed by atoms with Crippen molar-refractivity contribution in [1.82, 2.24) is 9.78 Å². The SMILES string of the molecule is CCn1nccc1C(=O)CCCc1ccccc1. The van der Waals surface area contributed by atoms with Gasteiger partial charge in [-0.15, -0.1) is 0 Å². The number of carbonyl (C=O) groups excluding carboxylic acids is 1. The van der Waals surface area contributed by atoms with Crippen LogP contribution in [0.15, 0.2) is 42.6 Å². The van der Waals surface area contributed by atoms with E-state index in [1.165, 1.54) is 5.56 Å². The maximum atomic E-state index is 12.0. The van der Waals surface area contributed by atoms with Crippen LogP contribution in [0.4, 0.5) is 0 Å². The van der Waals surface area contributed by atoms with Crippen molar-refractivity contribution >= 4 is 5.78 Å². The van der Waals surface area contributed by atoms with E-state index >= 15 is 0 Å². The van der Waals surface area contributed by atoms with E-state index < -0.39 is 0 Å². The molecule has 0 saturated heterocycles. The van der Waals surface area contributed by atoms with Gasteiger partial charge in [0.2, 0.25) is 0 Å². The molecule has 0 bridgehead atoms. The molecule has 0 N–H and O–H groups in total. The zero-order valence-corrected chi connectivity index (χ0v) is 10.7. The average Bonchev–Trinajstić information content (AvgIpc) is 2.88. The normalized spacial score (nSPS) is 10.5. The topological polar surface area (TPSA) is 34.9 Å². The molecular formula is C15H18N2O. The highest BCUT2D eigenvalue weighted by molar-refractivity contribution is 5.94. The van der Waals surface area contributed by atoms with Crippen molar-refractivity contribution in [1.29, 1.82) is 0 Å². The van der Waals surface area contributed by atoms with Gasteiger partial charge >= 0.3 is 0 Å². The first-order chi connectivity index (χ1) is 8.81. The summed E-state index contributed by atoms with van der Waals surface area (Å²) in [6, 6.07) is 12.1. The Morgan fingerprint density at radius 1 is 1.22 bits per heavy atom. The second kappa shape index (κ2) is 6.15. The molecule has 0 aliphatic carbocycles. The molecule has 2 rings (SSSR count). The van der Waals surface area contributed by atoms with Crippen molar-refractivity contribution in [2.75, 3.05) is 0 Å². The molecule has 0 unspecified atom stereocenters. The molecule has 1 aromatic carbocycles. The molecule has 3 heteroatoms. The third-order valence-corrected chi connectivity index (χ3v) is 3.01. The molecule has 0 saturated carbocycles. The number of aromatic nitrogens is 2. The third kappa shape index (κ3) is 3.06. The summed E-state index contributed by atoms with van der Waals surface area (Å²) in [6.45, 7) is 2.74. The Kier molecular flexibility index (Phi) is 4.29. The zero-order valence-electron chi connectivity index (χ0n) is 10.7. The number of ketones is 1. The molecule has 0 radical (unpaired) electrons. The van der Waals surface area contributed by atoms with E-state index in [0.717, 1.165) is 25.1 Å². The number of carbonyl (C=O) groups is 1. The molecule has 2 aromatic rings. The lowest BCUT2D eigenvalue weighted by Gasteiger charge is -2.04. The molecule has 0 atom stereocenters. The lowest BCUT2D eigenvalue weighted by Crippen LogP contribution is -2.09. The monoisotopic (exact) mass is 242 g/mol. The smallest absolute Gasteiger partial charge is 0.180 e. The van der Waals surface area contributed by atoms with Gasteiger partial charge in [0.15, 0.2) is 5.78 Å². The molecule has 18 heavy (non-hydrogen) atoms. The molecule has 1 heterocycles. The fourth-order valence-corrected chi connectivity index (χ4v) is 2.05. The van der Waals surface area contributed by atoms with Gasteiger partial charge in [-0.2, -0.15) is 5.10 Å². The summed E-state index contributed by atoms with van der Waals surface area (Å²) in [5, 5.41) is 4.12. The summed E-state index contributed by atoms with van der Waals surface area (Å²) in [7, 11) is 0. The molecule has 94 valence electrons. The van der Waals surface area contributed by atoms with Gasteiger partial charge in [-0.3, -0.25) is 9.48 Å². The fourth-order valence-electron chi connectivity index (χ4n) is 2.05. The number of aryl methyl sites for hydroxylation is 2. The van der Waals surface area contributed by atoms with Gasteiger partial charge in [0.05, 0.1) is 0 Å². The van der Waals surface area contributed by atoms with Crippen LogP contribution in [0.3, 0.4) is 0 Å². The van der Waals surface area contributed by atoms with Crippen molar-refractivity contribution in [2.45, 2.75) is 32.7 Å². The highest BCUT2D eigenvalue weighted by atomic mass is 16.1. The van der Waals surface area contributed by atoms with Crippen LogP contribution in [0, 0.1) is 0 Å². The van der Waals surface area contributed by atoms with Gasteiger partial charge < -0.3 is 0 Å². The van der Waals surface area contributed by atoms with Crippen LogP contribution in [-0.4, -0.2) is 15.6 Å². The summed E-state index contributed by atoms with van der Waals surface area (Å²) >= 11 is 0. The number of rotatable bonds is 6. The molecule has 3 nitrogen and oxygen atoms in total. The number of hydrogen-bond donors (Lipinski definition) is 0. The standard InChI is InChI=1S/C15H18N2O/c1-2-17-14(11-12-16-17)15(18)10-6-9-13-7-4-3-5-8-13/h3-5,7-8,11-12H,2,6,9-10H2,1H3. The summed E-state index contributed by atoms with van der Waals surface area (Å²) in [6.07, 6.45) is 4.11. The van der Waals surface area contributed by atoms with E-state index in [4.69, 9.17) is 0 Å². The Morgan fingerprint density at radius 2 is 2.00 bits per heavy atom. The minimum atomic E-state index is 0.185. The minimum absolute atomic E-state index is 0.185. The van der Waals surface area contributed by atoms with Crippen molar-refractivity contribution in [2.24, 2.45) is 0 Å². The van der Waals surface area contributed by atoms with Crippen molar-refractivity contribution in [3.05, 3.63) is 53.9 Å². The third-order valence-electron chi connectivity index (χ3n) is 3.01. The van der Waals surface area contributed by atoms with E-state index in [0.29, 0.717) is 6.42 Å². The van der Waals surface area contributed by atoms with E-state index in [1.807, 2.05) is 25.1 Å². The Morgan fingerprint density at radius 3 is 2.72 bits per heavy atom. The highest BCUT2D eigenvalue weighted by Crippen LogP contribution is 2.09. The van der Waals surface area contributed by atoms with Crippen LogP contribution in [0.1, 0.15) is 35.8 Å². The molecule has 0 aliphatic rings. The minimum Gasteiger partial charge on any atom is -0.292 e. The highest BCUT2D eigenvalue weighted by Gasteiger charge is 2.10. The Hall–Kier alpha value is -1.90. The zero-order chi connectivity index (χ0) is 12.8. The van der Waals surface area contributed by atoms with Crippen molar-refractivity contribution in [3.63, 3.8) is 0 Å². The maximum Gasteiger partial charge on any atom is 0.180 e. The summed E-state index contributed by atoms with van der Waals surface area (Å²) < 4.78 is 1.75. The fraction of sp³-hybridized carbons (Fsp3) is 0.333. The number of Topliss-reactive ketones (excluding diaryl/α,β-unsaturated/α-hetero) is 1. The number of nitrogens with zero attached hydrogens (tertiary/aromatic N) is 2. The van der Waals surface area contributed by atoms with E-state index in [2.05, 4.69) is 17.2 Å². The first-order valence-electron chi connectivity index (χ1n) is 6.40. The number of benzene rings is 1. The van der Waals surface area contributed by atoms with Crippen LogP contribution < -0.4 is 0 Å². The Balaban J connectivity index is 1.86. The molecule has 0 fully saturated rings. The predicted octanol–water partition coefficient (Wildman–Crippen LogP) is 3.11. The molecule has 0 spiro atoms. The van der Waals surface area contributed by atoms with Gasteiger partial charge in [0.25, 0.3) is 0 Å². The lowest BCUT2D eigenvalue weighted by molar-refractivity contribution is 0.0970. The predicted molar refractivity (Wildman–Crippen MR) is 71.6 cm³/mol. The van der Waals surface area contributed by atoms with Gasteiger partial charge in [0, 0.05) is 19.2 Å². The summed E-state index contributed by atoms with van der Waals surface area (Å²) in [5.41, 5.74) is 2.01. The van der Waals surface area contributed by atoms with E-state index in [1.54, 1.807) is 16.9 Å². The van der Waals surface area contributed by atoms with Gasteiger partial charge in [-0.05, 0) is 31.4 Å². The molecular weight excluding hydrogens is 224 g/mol. The molecule has 0 amide bonds. The Labute approximate surface area is 107 Å². The van der Waals surface area contributed by atoms with Gasteiger partial charge in [-0.25, -0.2) is 0 Å². The van der Waals surface area contributed by atoms with Crippen LogP contribution in [0.2, 0.25) is 0 Å². The second-order valence-electron chi connectivity index (χ2n) is 4.29. The van der Waals surface area contributed by atoms with Crippen LogP contribution in [0.5, 0.6) is 0 Å². The molecule has 0 aliphatic heterocycles. The van der Waals surface area contributed by atoms with Crippen LogP contribution >= 0.6 is 0 Å². The Bertz CT molecular complexity index is 502. The van der Waals surface area contributed by atoms with Crippen molar-refractivity contribution in [3.8, 4) is 0 Å². The quantitative estimate of drug-likeness (QED) is 0.729. The first-order valence-corrected chi connectivity index (χ1v) is 6.40. The van der Waals surface area contributed by atoms with E-state index in [9.17, 15) is 4.79 Å². The largest absolute Gasteiger partial charge is 0.292 e.